The molecule has 0 spiro atoms. The number of nitrogens with two attached hydrogens (primary N) is 1. The molecule has 0 amide bonds. The number of likely N-dealkylation sites (N-methyl/N-ethyl adjacent to an activating group) is 1. The molecule has 3 heteroatoms. The zero-order chi connectivity index (χ0) is 13.0. The number of aryl methyl sites for hydroxylation is 1. The minimum absolute atomic E-state index is 0.388. The van der Waals surface area contributed by atoms with Crippen LogP contribution < -0.4 is 10.6 Å². The number of hydrogen-bond acceptors (Lipinski definition) is 3. The van der Waals surface area contributed by atoms with Crippen molar-refractivity contribution in [3.63, 3.8) is 0 Å². The fourth-order valence-electron chi connectivity index (χ4n) is 2.85. The molecule has 1 aromatic rings. The lowest BCUT2D eigenvalue weighted by Crippen LogP contribution is -2.46. The molecule has 18 heavy (non-hydrogen) atoms. The Hall–Kier alpha value is -1.06. The Balaban J connectivity index is 2.19. The van der Waals surface area contributed by atoms with Crippen LogP contribution in [0.5, 0.6) is 0 Å². The maximum atomic E-state index is 6.01. The van der Waals surface area contributed by atoms with Crippen molar-refractivity contribution in [2.75, 3.05) is 31.2 Å². The first-order valence-corrected chi connectivity index (χ1v) is 6.87. The average Bonchev–Trinajstić information content (AvgIpc) is 2.89. The quantitative estimate of drug-likeness (QED) is 0.868. The second-order valence-corrected chi connectivity index (χ2v) is 5.05. The molecule has 2 unspecified atom stereocenters. The fourth-order valence-corrected chi connectivity index (χ4v) is 2.85. The molecule has 2 atom stereocenters. The van der Waals surface area contributed by atoms with E-state index in [4.69, 9.17) is 10.5 Å². The molecule has 2 rings (SSSR count). The van der Waals surface area contributed by atoms with Gasteiger partial charge in [0.15, 0.2) is 0 Å². The summed E-state index contributed by atoms with van der Waals surface area (Å²) in [7, 11) is 0. The van der Waals surface area contributed by atoms with Crippen molar-refractivity contribution in [3.05, 3.63) is 29.8 Å². The third kappa shape index (κ3) is 2.85. The summed E-state index contributed by atoms with van der Waals surface area (Å²) in [6.07, 6.45) is 1.13. The molecule has 1 heterocycles. The number of benzene rings is 1. The van der Waals surface area contributed by atoms with Crippen LogP contribution in [0.25, 0.3) is 0 Å². The highest BCUT2D eigenvalue weighted by Gasteiger charge is 2.29. The molecule has 0 radical (unpaired) electrons. The van der Waals surface area contributed by atoms with E-state index in [2.05, 4.69) is 43.0 Å². The van der Waals surface area contributed by atoms with Gasteiger partial charge in [0.1, 0.15) is 0 Å². The van der Waals surface area contributed by atoms with Crippen LogP contribution in [-0.2, 0) is 4.74 Å². The third-order valence-electron chi connectivity index (χ3n) is 3.82. The second kappa shape index (κ2) is 6.21. The predicted molar refractivity (Wildman–Crippen MR) is 76.0 cm³/mol. The van der Waals surface area contributed by atoms with E-state index in [0.717, 1.165) is 26.2 Å². The summed E-state index contributed by atoms with van der Waals surface area (Å²) in [5.74, 6) is 0.565. The lowest BCUT2D eigenvalue weighted by Gasteiger charge is -2.35. The van der Waals surface area contributed by atoms with Gasteiger partial charge in [0.05, 0.1) is 6.61 Å². The highest BCUT2D eigenvalue weighted by molar-refractivity contribution is 5.49. The molecule has 3 nitrogen and oxygen atoms in total. The highest BCUT2D eigenvalue weighted by atomic mass is 16.5. The molecule has 100 valence electrons. The largest absolute Gasteiger partial charge is 0.381 e. The molecule has 1 aliphatic heterocycles. The van der Waals surface area contributed by atoms with Crippen molar-refractivity contribution in [3.8, 4) is 0 Å². The Bertz CT molecular complexity index is 375. The molecule has 1 fully saturated rings. The monoisotopic (exact) mass is 248 g/mol. The number of nitrogens with zero attached hydrogens (tertiary/aromatic N) is 1. The van der Waals surface area contributed by atoms with E-state index in [1.165, 1.54) is 11.3 Å². The normalized spacial score (nSPS) is 20.9. The zero-order valence-corrected chi connectivity index (χ0v) is 11.4. The molecule has 0 bridgehead atoms. The first-order valence-electron chi connectivity index (χ1n) is 6.87. The Morgan fingerprint density at radius 3 is 2.89 bits per heavy atom. The van der Waals surface area contributed by atoms with Crippen LogP contribution >= 0.6 is 0 Å². The van der Waals surface area contributed by atoms with Crippen molar-refractivity contribution < 1.29 is 4.74 Å². The van der Waals surface area contributed by atoms with E-state index in [9.17, 15) is 0 Å². The van der Waals surface area contributed by atoms with Gasteiger partial charge in [-0.15, -0.1) is 0 Å². The standard InChI is InChI=1S/C15H24N2O/c1-3-17(14-6-4-5-12(2)9-14)15(10-16)13-7-8-18-11-13/h4-6,9,13,15H,3,7-8,10-11,16H2,1-2H3. The smallest absolute Gasteiger partial charge is 0.0515 e. The van der Waals surface area contributed by atoms with Gasteiger partial charge >= 0.3 is 0 Å². The third-order valence-corrected chi connectivity index (χ3v) is 3.82. The lowest BCUT2D eigenvalue weighted by atomic mass is 9.96. The van der Waals surface area contributed by atoms with Crippen LogP contribution in [0.4, 0.5) is 5.69 Å². The van der Waals surface area contributed by atoms with Crippen LogP contribution in [0.2, 0.25) is 0 Å². The van der Waals surface area contributed by atoms with Gasteiger partial charge in [0.25, 0.3) is 0 Å². The van der Waals surface area contributed by atoms with Crippen LogP contribution in [0.15, 0.2) is 24.3 Å². The van der Waals surface area contributed by atoms with Crippen LogP contribution in [0, 0.1) is 12.8 Å². The Morgan fingerprint density at radius 2 is 2.33 bits per heavy atom. The number of anilines is 1. The SMILES string of the molecule is CCN(c1cccc(C)c1)C(CN)C1CCOC1. The molecule has 0 aliphatic carbocycles. The summed E-state index contributed by atoms with van der Waals surface area (Å²) in [6.45, 7) is 7.74. The first-order chi connectivity index (χ1) is 8.76. The van der Waals surface area contributed by atoms with Crippen LogP contribution in [-0.4, -0.2) is 32.3 Å². The fraction of sp³-hybridized carbons (Fsp3) is 0.600. The average molecular weight is 248 g/mol. The minimum atomic E-state index is 0.388. The van der Waals surface area contributed by atoms with Gasteiger partial charge in [0.2, 0.25) is 0 Å². The Labute approximate surface area is 110 Å². The molecule has 0 aromatic heterocycles. The maximum absolute atomic E-state index is 6.01. The van der Waals surface area contributed by atoms with Crippen molar-refractivity contribution >= 4 is 5.69 Å². The summed E-state index contributed by atoms with van der Waals surface area (Å²) in [5, 5.41) is 0. The number of rotatable bonds is 5. The summed E-state index contributed by atoms with van der Waals surface area (Å²) in [6, 6.07) is 9.05. The van der Waals surface area contributed by atoms with Crippen molar-refractivity contribution in [1.29, 1.82) is 0 Å². The Kier molecular flexibility index (Phi) is 4.61. The molecule has 0 saturated carbocycles. The van der Waals surface area contributed by atoms with E-state index in [1.807, 2.05) is 0 Å². The second-order valence-electron chi connectivity index (χ2n) is 5.05. The Morgan fingerprint density at radius 1 is 1.50 bits per heavy atom. The summed E-state index contributed by atoms with van der Waals surface area (Å²) in [5.41, 5.74) is 8.58. The van der Waals surface area contributed by atoms with Crippen molar-refractivity contribution in [2.45, 2.75) is 26.3 Å². The van der Waals surface area contributed by atoms with E-state index in [1.54, 1.807) is 0 Å². The highest BCUT2D eigenvalue weighted by Crippen LogP contribution is 2.26. The van der Waals surface area contributed by atoms with Crippen LogP contribution in [0.1, 0.15) is 18.9 Å². The molecule has 2 N–H and O–H groups in total. The summed E-state index contributed by atoms with van der Waals surface area (Å²) < 4.78 is 5.51. The predicted octanol–water partition coefficient (Wildman–Crippen LogP) is 2.19. The van der Waals surface area contributed by atoms with Gasteiger partial charge in [-0.3, -0.25) is 0 Å². The molecule has 1 aromatic carbocycles. The van der Waals surface area contributed by atoms with E-state index in [-0.39, 0.29) is 0 Å². The topological polar surface area (TPSA) is 38.5 Å². The van der Waals surface area contributed by atoms with Crippen molar-refractivity contribution in [1.82, 2.24) is 0 Å². The maximum Gasteiger partial charge on any atom is 0.0515 e. The van der Waals surface area contributed by atoms with Gasteiger partial charge in [0, 0.05) is 37.3 Å². The van der Waals surface area contributed by atoms with Crippen LogP contribution in [0.3, 0.4) is 0 Å². The zero-order valence-electron chi connectivity index (χ0n) is 11.4. The minimum Gasteiger partial charge on any atom is -0.381 e. The number of ether oxygens (including phenoxy) is 1. The molecule has 1 saturated heterocycles. The number of hydrogen-bond donors (Lipinski definition) is 1. The lowest BCUT2D eigenvalue weighted by molar-refractivity contribution is 0.180. The van der Waals surface area contributed by atoms with Gasteiger partial charge < -0.3 is 15.4 Å². The molecular weight excluding hydrogens is 224 g/mol. The molecule has 1 aliphatic rings. The van der Waals surface area contributed by atoms with E-state index >= 15 is 0 Å². The van der Waals surface area contributed by atoms with Gasteiger partial charge in [-0.05, 0) is 38.0 Å². The van der Waals surface area contributed by atoms with E-state index < -0.39 is 0 Å². The van der Waals surface area contributed by atoms with Gasteiger partial charge in [-0.25, -0.2) is 0 Å². The van der Waals surface area contributed by atoms with E-state index in [0.29, 0.717) is 18.5 Å². The van der Waals surface area contributed by atoms with Crippen molar-refractivity contribution in [2.24, 2.45) is 11.7 Å². The van der Waals surface area contributed by atoms with Gasteiger partial charge in [-0.2, -0.15) is 0 Å². The summed E-state index contributed by atoms with van der Waals surface area (Å²) >= 11 is 0. The van der Waals surface area contributed by atoms with Gasteiger partial charge in [-0.1, -0.05) is 12.1 Å². The first kappa shape index (κ1) is 13.4. The summed E-state index contributed by atoms with van der Waals surface area (Å²) in [4.78, 5) is 2.42. The molecular formula is C15H24N2O.